The van der Waals surface area contributed by atoms with Crippen LogP contribution in [0.15, 0.2) is 42.5 Å². The van der Waals surface area contributed by atoms with Crippen molar-refractivity contribution in [2.45, 2.75) is 13.0 Å². The van der Waals surface area contributed by atoms with E-state index in [1.807, 2.05) is 31.2 Å². The van der Waals surface area contributed by atoms with E-state index in [1.54, 1.807) is 25.3 Å². The number of hydrogen-bond donors (Lipinski definition) is 1. The van der Waals surface area contributed by atoms with E-state index in [1.165, 1.54) is 0 Å². The first-order valence-corrected chi connectivity index (χ1v) is 8.13. The predicted molar refractivity (Wildman–Crippen MR) is 92.8 cm³/mol. The van der Waals surface area contributed by atoms with Gasteiger partial charge in [0.2, 0.25) is 0 Å². The van der Waals surface area contributed by atoms with Crippen molar-refractivity contribution in [3.8, 4) is 23.0 Å². The van der Waals surface area contributed by atoms with E-state index < -0.39 is 0 Å². The Kier molecular flexibility index (Phi) is 5.28. The highest BCUT2D eigenvalue weighted by Crippen LogP contribution is 2.30. The molecule has 0 fully saturated rings. The van der Waals surface area contributed by atoms with Crippen LogP contribution in [0, 0.1) is 0 Å². The Morgan fingerprint density at radius 3 is 2.48 bits per heavy atom. The maximum atomic E-state index is 12.4. The Labute approximate surface area is 146 Å². The molecule has 0 spiro atoms. The average molecular weight is 343 g/mol. The van der Waals surface area contributed by atoms with Gasteiger partial charge in [0.05, 0.1) is 13.2 Å². The van der Waals surface area contributed by atoms with Crippen LogP contribution in [-0.2, 0) is 0 Å². The number of methoxy groups -OCH3 is 1. The van der Waals surface area contributed by atoms with Gasteiger partial charge in [-0.15, -0.1) is 0 Å². The monoisotopic (exact) mass is 343 g/mol. The molecule has 1 atom stereocenters. The molecule has 0 radical (unpaired) electrons. The fourth-order valence-electron chi connectivity index (χ4n) is 2.43. The van der Waals surface area contributed by atoms with Crippen molar-refractivity contribution in [1.82, 2.24) is 5.32 Å². The molecule has 1 N–H and O–H groups in total. The molecule has 6 heteroatoms. The SMILES string of the molecule is COc1ccc(OC[C@@H](C)NC(=O)c2ccc3c(c2)OCCO3)cc1. The molecule has 0 aliphatic carbocycles. The van der Waals surface area contributed by atoms with Gasteiger partial charge in [-0.3, -0.25) is 4.79 Å². The summed E-state index contributed by atoms with van der Waals surface area (Å²) < 4.78 is 21.7. The zero-order valence-corrected chi connectivity index (χ0v) is 14.3. The van der Waals surface area contributed by atoms with Gasteiger partial charge in [-0.2, -0.15) is 0 Å². The van der Waals surface area contributed by atoms with E-state index >= 15 is 0 Å². The van der Waals surface area contributed by atoms with Crippen molar-refractivity contribution in [3.63, 3.8) is 0 Å². The first kappa shape index (κ1) is 17.0. The van der Waals surface area contributed by atoms with Gasteiger partial charge in [0.25, 0.3) is 5.91 Å². The lowest BCUT2D eigenvalue weighted by Gasteiger charge is -2.19. The minimum Gasteiger partial charge on any atom is -0.497 e. The number of carbonyl (C=O) groups excluding carboxylic acids is 1. The molecule has 6 nitrogen and oxygen atoms in total. The summed E-state index contributed by atoms with van der Waals surface area (Å²) >= 11 is 0. The number of nitrogens with one attached hydrogen (secondary N) is 1. The molecule has 1 aliphatic heterocycles. The largest absolute Gasteiger partial charge is 0.497 e. The lowest BCUT2D eigenvalue weighted by molar-refractivity contribution is 0.0925. The lowest BCUT2D eigenvalue weighted by Crippen LogP contribution is -2.36. The van der Waals surface area contributed by atoms with E-state index in [0.717, 1.165) is 11.5 Å². The van der Waals surface area contributed by atoms with Crippen molar-refractivity contribution in [2.24, 2.45) is 0 Å². The number of ether oxygens (including phenoxy) is 4. The number of rotatable bonds is 6. The molecule has 0 saturated heterocycles. The summed E-state index contributed by atoms with van der Waals surface area (Å²) in [5.41, 5.74) is 0.528. The fraction of sp³-hybridized carbons (Fsp3) is 0.316. The molecule has 0 unspecified atom stereocenters. The summed E-state index contributed by atoms with van der Waals surface area (Å²) in [6.07, 6.45) is 0. The van der Waals surface area contributed by atoms with E-state index in [4.69, 9.17) is 18.9 Å². The van der Waals surface area contributed by atoms with Gasteiger partial charge in [-0.05, 0) is 49.4 Å². The number of amides is 1. The molecule has 25 heavy (non-hydrogen) atoms. The normalized spacial score (nSPS) is 13.7. The van der Waals surface area contributed by atoms with Crippen molar-refractivity contribution < 1.29 is 23.7 Å². The third-order valence-electron chi connectivity index (χ3n) is 3.74. The van der Waals surface area contributed by atoms with Crippen molar-refractivity contribution in [2.75, 3.05) is 26.9 Å². The number of fused-ring (bicyclic) bond motifs is 1. The fourth-order valence-corrected chi connectivity index (χ4v) is 2.43. The molecule has 0 aromatic heterocycles. The van der Waals surface area contributed by atoms with Crippen molar-refractivity contribution in [1.29, 1.82) is 0 Å². The first-order valence-electron chi connectivity index (χ1n) is 8.13. The maximum Gasteiger partial charge on any atom is 0.251 e. The summed E-state index contributed by atoms with van der Waals surface area (Å²) in [4.78, 5) is 12.4. The zero-order chi connectivity index (χ0) is 17.6. The van der Waals surface area contributed by atoms with E-state index in [9.17, 15) is 4.79 Å². The van der Waals surface area contributed by atoms with Gasteiger partial charge < -0.3 is 24.3 Å². The number of carbonyl (C=O) groups is 1. The third kappa shape index (κ3) is 4.35. The highest BCUT2D eigenvalue weighted by Gasteiger charge is 2.16. The Bertz CT molecular complexity index is 729. The minimum atomic E-state index is -0.178. The standard InChI is InChI=1S/C19H21NO5/c1-13(12-25-16-6-4-15(22-2)5-7-16)20-19(21)14-3-8-17-18(11-14)24-10-9-23-17/h3-8,11,13H,9-10,12H2,1-2H3,(H,20,21)/t13-/m1/s1. The van der Waals surface area contributed by atoms with Crippen molar-refractivity contribution in [3.05, 3.63) is 48.0 Å². The molecule has 2 aromatic rings. The van der Waals surface area contributed by atoms with Crippen LogP contribution in [0.25, 0.3) is 0 Å². The molecule has 3 rings (SSSR count). The highest BCUT2D eigenvalue weighted by atomic mass is 16.6. The molecular formula is C19H21NO5. The Morgan fingerprint density at radius 2 is 1.76 bits per heavy atom. The van der Waals surface area contributed by atoms with Gasteiger partial charge in [-0.1, -0.05) is 0 Å². The van der Waals surface area contributed by atoms with Crippen LogP contribution < -0.4 is 24.3 Å². The molecular weight excluding hydrogens is 322 g/mol. The summed E-state index contributed by atoms with van der Waals surface area (Å²) in [5.74, 6) is 2.58. The molecule has 1 heterocycles. The minimum absolute atomic E-state index is 0.150. The summed E-state index contributed by atoms with van der Waals surface area (Å²) in [6.45, 7) is 3.27. The smallest absolute Gasteiger partial charge is 0.251 e. The number of hydrogen-bond acceptors (Lipinski definition) is 5. The van der Waals surface area contributed by atoms with Crippen LogP contribution in [0.1, 0.15) is 17.3 Å². The second-order valence-electron chi connectivity index (χ2n) is 5.72. The van der Waals surface area contributed by atoms with Crippen LogP contribution in [0.4, 0.5) is 0 Å². The summed E-state index contributed by atoms with van der Waals surface area (Å²) in [7, 11) is 1.62. The highest BCUT2D eigenvalue weighted by molar-refractivity contribution is 5.95. The van der Waals surface area contributed by atoms with E-state index in [0.29, 0.717) is 36.9 Å². The molecule has 132 valence electrons. The Hall–Kier alpha value is -2.89. The molecule has 0 saturated carbocycles. The van der Waals surface area contributed by atoms with Crippen LogP contribution in [0.3, 0.4) is 0 Å². The molecule has 1 aliphatic rings. The molecule has 1 amide bonds. The second kappa shape index (κ2) is 7.79. The van der Waals surface area contributed by atoms with Crippen LogP contribution in [0.5, 0.6) is 23.0 Å². The van der Waals surface area contributed by atoms with Crippen LogP contribution in [0.2, 0.25) is 0 Å². The second-order valence-corrected chi connectivity index (χ2v) is 5.72. The van der Waals surface area contributed by atoms with Gasteiger partial charge in [0.15, 0.2) is 11.5 Å². The first-order chi connectivity index (χ1) is 12.2. The van der Waals surface area contributed by atoms with Crippen LogP contribution in [-0.4, -0.2) is 38.9 Å². The molecule has 0 bridgehead atoms. The molecule has 2 aromatic carbocycles. The van der Waals surface area contributed by atoms with Gasteiger partial charge >= 0.3 is 0 Å². The summed E-state index contributed by atoms with van der Waals surface area (Å²) in [5, 5.41) is 2.91. The predicted octanol–water partition coefficient (Wildman–Crippen LogP) is 2.66. The maximum absolute atomic E-state index is 12.4. The summed E-state index contributed by atoms with van der Waals surface area (Å²) in [6, 6.07) is 12.3. The van der Waals surface area contributed by atoms with E-state index in [2.05, 4.69) is 5.32 Å². The van der Waals surface area contributed by atoms with Crippen LogP contribution >= 0.6 is 0 Å². The average Bonchev–Trinajstić information content (AvgIpc) is 2.66. The van der Waals surface area contributed by atoms with Gasteiger partial charge in [-0.25, -0.2) is 0 Å². The quantitative estimate of drug-likeness (QED) is 0.873. The van der Waals surface area contributed by atoms with E-state index in [-0.39, 0.29) is 11.9 Å². The topological polar surface area (TPSA) is 66.0 Å². The van der Waals surface area contributed by atoms with Crippen molar-refractivity contribution >= 4 is 5.91 Å². The third-order valence-corrected chi connectivity index (χ3v) is 3.74. The lowest BCUT2D eigenvalue weighted by atomic mass is 10.1. The van der Waals surface area contributed by atoms with Gasteiger partial charge in [0.1, 0.15) is 31.3 Å². The number of benzene rings is 2. The van der Waals surface area contributed by atoms with Gasteiger partial charge in [0, 0.05) is 5.56 Å². The Morgan fingerprint density at radius 1 is 1.08 bits per heavy atom. The zero-order valence-electron chi connectivity index (χ0n) is 14.3. The Balaban J connectivity index is 1.53.